The van der Waals surface area contributed by atoms with E-state index in [1.54, 1.807) is 0 Å². The van der Waals surface area contributed by atoms with Crippen molar-refractivity contribution in [1.29, 1.82) is 0 Å². The molecule has 0 N–H and O–H groups in total. The molecule has 0 amide bonds. The van der Waals surface area contributed by atoms with E-state index in [0.717, 1.165) is 12.1 Å². The van der Waals surface area contributed by atoms with Gasteiger partial charge in [-0.1, -0.05) is 11.6 Å². The number of hydrogen-bond acceptors (Lipinski definition) is 4. The highest BCUT2D eigenvalue weighted by atomic mass is 35.5. The number of pyridine rings is 1. The molecule has 0 aliphatic rings. The van der Waals surface area contributed by atoms with Crippen molar-refractivity contribution in [3.63, 3.8) is 0 Å². The number of aromatic nitrogens is 5. The molecule has 0 saturated heterocycles. The summed E-state index contributed by atoms with van der Waals surface area (Å²) < 4.78 is 39.6. The van der Waals surface area contributed by atoms with Crippen molar-refractivity contribution >= 4 is 17.4 Å². The molecular weight excluding hydrogens is 295 g/mol. The molecule has 0 atom stereocenters. The van der Waals surface area contributed by atoms with Gasteiger partial charge in [-0.15, -0.1) is 0 Å². The van der Waals surface area contributed by atoms with Gasteiger partial charge in [0.15, 0.2) is 0 Å². The molecule has 3 rings (SSSR count). The minimum Gasteiger partial charge on any atom is -0.234 e. The maximum Gasteiger partial charge on any atom is 0.416 e. The zero-order valence-corrected chi connectivity index (χ0v) is 10.4. The molecule has 0 spiro atoms. The van der Waals surface area contributed by atoms with Crippen LogP contribution in [0.5, 0.6) is 0 Å². The Morgan fingerprint density at radius 2 is 1.95 bits per heavy atom. The first-order valence-electron chi connectivity index (χ1n) is 5.35. The average molecular weight is 300 g/mol. The number of halogens is 4. The van der Waals surface area contributed by atoms with Crippen LogP contribution in [0.25, 0.3) is 17.2 Å². The Morgan fingerprint density at radius 3 is 2.70 bits per heavy atom. The zero-order chi connectivity index (χ0) is 14.3. The van der Waals surface area contributed by atoms with Gasteiger partial charge in [0.1, 0.15) is 11.5 Å². The Morgan fingerprint density at radius 1 is 1.15 bits per heavy atom. The summed E-state index contributed by atoms with van der Waals surface area (Å²) in [6, 6.07) is 3.16. The quantitative estimate of drug-likeness (QED) is 0.648. The SMILES string of the molecule is FC(F)(F)c1cc(Cl)nc(-c2ccnc3ncnn23)c1. The molecule has 0 saturated carbocycles. The van der Waals surface area contributed by atoms with Crippen molar-refractivity contribution in [3.05, 3.63) is 41.4 Å². The van der Waals surface area contributed by atoms with E-state index in [4.69, 9.17) is 11.6 Å². The second kappa shape index (κ2) is 4.41. The lowest BCUT2D eigenvalue weighted by Crippen LogP contribution is -2.07. The second-order valence-electron chi connectivity index (χ2n) is 3.86. The van der Waals surface area contributed by atoms with Crippen molar-refractivity contribution in [2.75, 3.05) is 0 Å². The summed E-state index contributed by atoms with van der Waals surface area (Å²) in [4.78, 5) is 11.7. The van der Waals surface area contributed by atoms with E-state index in [2.05, 4.69) is 20.1 Å². The number of rotatable bonds is 1. The van der Waals surface area contributed by atoms with Crippen LogP contribution < -0.4 is 0 Å². The highest BCUT2D eigenvalue weighted by Gasteiger charge is 2.31. The van der Waals surface area contributed by atoms with Gasteiger partial charge in [0.25, 0.3) is 5.78 Å². The third-order valence-electron chi connectivity index (χ3n) is 2.56. The first-order valence-corrected chi connectivity index (χ1v) is 5.73. The van der Waals surface area contributed by atoms with Crippen LogP contribution in [0.15, 0.2) is 30.7 Å². The van der Waals surface area contributed by atoms with Crippen molar-refractivity contribution < 1.29 is 13.2 Å². The van der Waals surface area contributed by atoms with Crippen LogP contribution >= 0.6 is 11.6 Å². The van der Waals surface area contributed by atoms with Crippen LogP contribution in [0, 0.1) is 0 Å². The van der Waals surface area contributed by atoms with E-state index in [-0.39, 0.29) is 16.6 Å². The standard InChI is InChI=1S/C11H5ClF3N5/c12-9-4-6(11(13,14)15)3-7(19-9)8-1-2-16-10-17-5-18-20(8)10/h1-5H. The summed E-state index contributed by atoms with van der Waals surface area (Å²) in [5, 5.41) is 3.65. The van der Waals surface area contributed by atoms with E-state index in [0.29, 0.717) is 5.69 Å². The first kappa shape index (κ1) is 12.8. The van der Waals surface area contributed by atoms with Crippen molar-refractivity contribution in [2.45, 2.75) is 6.18 Å². The Labute approximate surface area is 115 Å². The second-order valence-corrected chi connectivity index (χ2v) is 4.25. The number of alkyl halides is 3. The van der Waals surface area contributed by atoms with Crippen molar-refractivity contribution in [3.8, 4) is 11.4 Å². The van der Waals surface area contributed by atoms with Gasteiger partial charge in [0, 0.05) is 6.20 Å². The summed E-state index contributed by atoms with van der Waals surface area (Å²) in [7, 11) is 0. The monoisotopic (exact) mass is 299 g/mol. The zero-order valence-electron chi connectivity index (χ0n) is 9.63. The van der Waals surface area contributed by atoms with Crippen LogP contribution in [0.1, 0.15) is 5.56 Å². The number of nitrogens with zero attached hydrogens (tertiary/aromatic N) is 5. The largest absolute Gasteiger partial charge is 0.416 e. The van der Waals surface area contributed by atoms with E-state index in [1.807, 2.05) is 0 Å². The van der Waals surface area contributed by atoms with Gasteiger partial charge >= 0.3 is 6.18 Å². The molecule has 3 aromatic rings. The van der Waals surface area contributed by atoms with Crippen LogP contribution in [0.2, 0.25) is 5.15 Å². The molecule has 0 radical (unpaired) electrons. The van der Waals surface area contributed by atoms with E-state index in [9.17, 15) is 13.2 Å². The third kappa shape index (κ3) is 2.18. The summed E-state index contributed by atoms with van der Waals surface area (Å²) in [5.41, 5.74) is -0.513. The normalized spacial score (nSPS) is 12.0. The molecule has 0 aliphatic carbocycles. The molecule has 0 bridgehead atoms. The fourth-order valence-electron chi connectivity index (χ4n) is 1.72. The van der Waals surface area contributed by atoms with E-state index < -0.39 is 11.7 Å². The Kier molecular flexibility index (Phi) is 2.82. The van der Waals surface area contributed by atoms with E-state index in [1.165, 1.54) is 23.1 Å². The van der Waals surface area contributed by atoms with Gasteiger partial charge in [-0.25, -0.2) is 9.97 Å². The molecule has 0 aromatic carbocycles. The van der Waals surface area contributed by atoms with Crippen molar-refractivity contribution in [2.24, 2.45) is 0 Å². The molecule has 5 nitrogen and oxygen atoms in total. The molecular formula is C11H5ClF3N5. The smallest absolute Gasteiger partial charge is 0.234 e. The Bertz CT molecular complexity index is 783. The van der Waals surface area contributed by atoms with Crippen LogP contribution in [0.4, 0.5) is 13.2 Å². The van der Waals surface area contributed by atoms with Crippen LogP contribution in [0.3, 0.4) is 0 Å². The van der Waals surface area contributed by atoms with Gasteiger partial charge in [-0.3, -0.25) is 0 Å². The molecule has 3 heterocycles. The lowest BCUT2D eigenvalue weighted by molar-refractivity contribution is -0.137. The molecule has 102 valence electrons. The van der Waals surface area contributed by atoms with Crippen LogP contribution in [-0.2, 0) is 6.18 Å². The fourth-order valence-corrected chi connectivity index (χ4v) is 1.93. The first-order chi connectivity index (χ1) is 9.45. The van der Waals surface area contributed by atoms with E-state index >= 15 is 0 Å². The fraction of sp³-hybridized carbons (Fsp3) is 0.0909. The van der Waals surface area contributed by atoms with Gasteiger partial charge in [-0.05, 0) is 18.2 Å². The lowest BCUT2D eigenvalue weighted by atomic mass is 10.2. The number of fused-ring (bicyclic) bond motifs is 1. The topological polar surface area (TPSA) is 56.0 Å². The number of hydrogen-bond donors (Lipinski definition) is 0. The highest BCUT2D eigenvalue weighted by Crippen LogP contribution is 2.33. The minimum absolute atomic E-state index is 0.0442. The molecule has 20 heavy (non-hydrogen) atoms. The summed E-state index contributed by atoms with van der Waals surface area (Å²) >= 11 is 5.66. The molecule has 9 heteroatoms. The predicted molar refractivity (Wildman–Crippen MR) is 64.0 cm³/mol. The summed E-state index contributed by atoms with van der Waals surface area (Å²) in [6.07, 6.45) is -1.84. The Hall–Kier alpha value is -2.22. The van der Waals surface area contributed by atoms with Gasteiger partial charge < -0.3 is 0 Å². The van der Waals surface area contributed by atoms with Gasteiger partial charge in [-0.2, -0.15) is 27.8 Å². The predicted octanol–water partition coefficient (Wildman–Crippen LogP) is 2.86. The lowest BCUT2D eigenvalue weighted by Gasteiger charge is -2.09. The average Bonchev–Trinajstić information content (AvgIpc) is 2.84. The maximum absolute atomic E-state index is 12.8. The molecule has 0 unspecified atom stereocenters. The molecule has 0 aliphatic heterocycles. The third-order valence-corrected chi connectivity index (χ3v) is 2.76. The Balaban J connectivity index is 2.24. The summed E-state index contributed by atoms with van der Waals surface area (Å²) in [6.45, 7) is 0. The molecule has 3 aromatic heterocycles. The summed E-state index contributed by atoms with van der Waals surface area (Å²) in [5.74, 6) is 0.262. The minimum atomic E-state index is -4.50. The van der Waals surface area contributed by atoms with Crippen molar-refractivity contribution in [1.82, 2.24) is 24.6 Å². The van der Waals surface area contributed by atoms with Gasteiger partial charge in [0.05, 0.1) is 17.0 Å². The van der Waals surface area contributed by atoms with Gasteiger partial charge in [0.2, 0.25) is 0 Å². The maximum atomic E-state index is 12.8. The highest BCUT2D eigenvalue weighted by molar-refractivity contribution is 6.29. The van der Waals surface area contributed by atoms with Crippen LogP contribution in [-0.4, -0.2) is 24.6 Å². The molecule has 0 fully saturated rings.